The van der Waals surface area contributed by atoms with Gasteiger partial charge in [-0.25, -0.2) is 9.78 Å². The van der Waals surface area contributed by atoms with Crippen LogP contribution >= 0.6 is 11.3 Å². The van der Waals surface area contributed by atoms with Gasteiger partial charge in [0.1, 0.15) is 0 Å². The highest BCUT2D eigenvalue weighted by Crippen LogP contribution is 2.36. The smallest absolute Gasteiger partial charge is 0.355 e. The molecular weight excluding hydrogens is 234 g/mol. The molecule has 0 amide bonds. The van der Waals surface area contributed by atoms with Gasteiger partial charge < -0.3 is 5.11 Å². The van der Waals surface area contributed by atoms with Gasteiger partial charge in [0.25, 0.3) is 0 Å². The number of aromatic carboxylic acids is 1. The molecule has 0 bridgehead atoms. The second-order valence-corrected chi connectivity index (χ2v) is 5.62. The Morgan fingerprint density at radius 1 is 1.47 bits per heavy atom. The van der Waals surface area contributed by atoms with Crippen LogP contribution in [0.4, 0.5) is 0 Å². The Labute approximate surface area is 105 Å². The molecule has 1 aromatic heterocycles. The van der Waals surface area contributed by atoms with Crippen LogP contribution in [0.5, 0.6) is 0 Å². The number of thiazole rings is 1. The van der Waals surface area contributed by atoms with E-state index in [0.717, 1.165) is 16.3 Å². The van der Waals surface area contributed by atoms with E-state index < -0.39 is 5.97 Å². The van der Waals surface area contributed by atoms with Crippen LogP contribution in [0.2, 0.25) is 0 Å². The molecule has 1 aromatic rings. The molecule has 17 heavy (non-hydrogen) atoms. The van der Waals surface area contributed by atoms with Crippen LogP contribution in [0.3, 0.4) is 0 Å². The van der Waals surface area contributed by atoms with Crippen molar-refractivity contribution in [1.29, 1.82) is 0 Å². The molecule has 90 valence electrons. The molecule has 0 radical (unpaired) electrons. The summed E-state index contributed by atoms with van der Waals surface area (Å²) in [5.41, 5.74) is 2.81. The maximum Gasteiger partial charge on any atom is 0.355 e. The first kappa shape index (κ1) is 12.0. The van der Waals surface area contributed by atoms with Gasteiger partial charge in [-0.15, -0.1) is 11.3 Å². The minimum Gasteiger partial charge on any atom is -0.476 e. The fourth-order valence-corrected chi connectivity index (χ4v) is 2.99. The zero-order chi connectivity index (χ0) is 12.6. The Morgan fingerprint density at radius 3 is 2.76 bits per heavy atom. The molecule has 0 fully saturated rings. The van der Waals surface area contributed by atoms with Gasteiger partial charge in [-0.1, -0.05) is 23.3 Å². The topological polar surface area (TPSA) is 50.2 Å². The molecule has 1 heterocycles. The van der Waals surface area contributed by atoms with E-state index in [-0.39, 0.29) is 11.6 Å². The van der Waals surface area contributed by atoms with E-state index >= 15 is 0 Å². The SMILES string of the molecule is CC1=C(C)CC(c2sc(C)nc2C(=O)O)C=C1. The van der Waals surface area contributed by atoms with E-state index in [1.54, 1.807) is 0 Å². The van der Waals surface area contributed by atoms with Crippen LogP contribution in [0.15, 0.2) is 23.3 Å². The second-order valence-electron chi connectivity index (χ2n) is 4.38. The molecule has 1 atom stereocenters. The number of aryl methyl sites for hydroxylation is 1. The third kappa shape index (κ3) is 2.31. The van der Waals surface area contributed by atoms with Crippen molar-refractivity contribution < 1.29 is 9.90 Å². The summed E-state index contributed by atoms with van der Waals surface area (Å²) < 4.78 is 0. The van der Waals surface area contributed by atoms with Crippen LogP contribution in [0.1, 0.15) is 46.6 Å². The maximum absolute atomic E-state index is 11.1. The number of rotatable bonds is 2. The lowest BCUT2D eigenvalue weighted by atomic mass is 9.89. The Hall–Kier alpha value is -1.42. The molecule has 0 spiro atoms. The van der Waals surface area contributed by atoms with E-state index in [0.29, 0.717) is 0 Å². The van der Waals surface area contributed by atoms with Crippen LogP contribution in [-0.4, -0.2) is 16.1 Å². The quantitative estimate of drug-likeness (QED) is 0.872. The highest BCUT2D eigenvalue weighted by atomic mass is 32.1. The molecular formula is C13H15NO2S. The summed E-state index contributed by atoms with van der Waals surface area (Å²) >= 11 is 1.49. The van der Waals surface area contributed by atoms with Gasteiger partial charge in [-0.2, -0.15) is 0 Å². The van der Waals surface area contributed by atoms with Crippen LogP contribution in [-0.2, 0) is 0 Å². The molecule has 0 saturated carbocycles. The lowest BCUT2D eigenvalue weighted by Gasteiger charge is -2.18. The molecule has 0 aliphatic heterocycles. The number of carboxylic acid groups (broad SMARTS) is 1. The summed E-state index contributed by atoms with van der Waals surface area (Å²) in [5, 5.41) is 9.95. The third-order valence-corrected chi connectivity index (χ3v) is 4.18. The first-order valence-electron chi connectivity index (χ1n) is 5.54. The second kappa shape index (κ2) is 4.45. The standard InChI is InChI=1S/C13H15NO2S/c1-7-4-5-10(6-8(7)2)12-11(13(15)16)14-9(3)17-12/h4-5,10H,6H2,1-3H3,(H,15,16). The summed E-state index contributed by atoms with van der Waals surface area (Å²) in [6, 6.07) is 0. The lowest BCUT2D eigenvalue weighted by Crippen LogP contribution is -2.07. The number of nitrogens with zero attached hydrogens (tertiary/aromatic N) is 1. The number of allylic oxidation sites excluding steroid dienone is 4. The van der Waals surface area contributed by atoms with Crippen molar-refractivity contribution in [3.8, 4) is 0 Å². The van der Waals surface area contributed by atoms with E-state index in [1.165, 1.54) is 22.5 Å². The first-order chi connectivity index (χ1) is 7.99. The van der Waals surface area contributed by atoms with E-state index in [1.807, 2.05) is 6.92 Å². The van der Waals surface area contributed by atoms with Gasteiger partial charge in [0.05, 0.1) is 5.01 Å². The molecule has 1 N–H and O–H groups in total. The highest BCUT2D eigenvalue weighted by molar-refractivity contribution is 7.12. The Morgan fingerprint density at radius 2 is 2.18 bits per heavy atom. The number of carboxylic acids is 1. The molecule has 2 rings (SSSR count). The Bertz CT molecular complexity index is 526. The highest BCUT2D eigenvalue weighted by Gasteiger charge is 2.23. The fraction of sp³-hybridized carbons (Fsp3) is 0.385. The number of hydrogen-bond donors (Lipinski definition) is 1. The fourth-order valence-electron chi connectivity index (χ4n) is 1.99. The average molecular weight is 249 g/mol. The molecule has 1 aliphatic carbocycles. The Balaban J connectivity index is 2.37. The average Bonchev–Trinajstić information content (AvgIpc) is 2.64. The van der Waals surface area contributed by atoms with Gasteiger partial charge in [0.15, 0.2) is 5.69 Å². The molecule has 0 aromatic carbocycles. The number of aromatic nitrogens is 1. The van der Waals surface area contributed by atoms with Crippen molar-refractivity contribution in [3.63, 3.8) is 0 Å². The molecule has 1 aliphatic rings. The van der Waals surface area contributed by atoms with Crippen molar-refractivity contribution in [2.45, 2.75) is 33.1 Å². The van der Waals surface area contributed by atoms with Crippen molar-refractivity contribution in [2.24, 2.45) is 0 Å². The molecule has 1 unspecified atom stereocenters. The largest absolute Gasteiger partial charge is 0.476 e. The van der Waals surface area contributed by atoms with Crippen LogP contribution < -0.4 is 0 Å². The van der Waals surface area contributed by atoms with Crippen molar-refractivity contribution in [1.82, 2.24) is 4.98 Å². The normalized spacial score (nSPS) is 19.8. The Kier molecular flexibility index (Phi) is 3.15. The molecule has 3 nitrogen and oxygen atoms in total. The molecule has 0 saturated heterocycles. The van der Waals surface area contributed by atoms with E-state index in [2.05, 4.69) is 31.0 Å². The van der Waals surface area contributed by atoms with Gasteiger partial charge >= 0.3 is 5.97 Å². The minimum atomic E-state index is -0.929. The van der Waals surface area contributed by atoms with E-state index in [4.69, 9.17) is 5.11 Å². The summed E-state index contributed by atoms with van der Waals surface area (Å²) in [7, 11) is 0. The van der Waals surface area contributed by atoms with Crippen molar-refractivity contribution in [2.75, 3.05) is 0 Å². The summed E-state index contributed by atoms with van der Waals surface area (Å²) in [6.45, 7) is 6.03. The predicted octanol–water partition coefficient (Wildman–Crippen LogP) is 3.53. The van der Waals surface area contributed by atoms with Crippen LogP contribution in [0.25, 0.3) is 0 Å². The number of carbonyl (C=O) groups is 1. The zero-order valence-electron chi connectivity index (χ0n) is 10.2. The zero-order valence-corrected chi connectivity index (χ0v) is 11.0. The van der Waals surface area contributed by atoms with Gasteiger partial charge in [0, 0.05) is 10.8 Å². The molecule has 4 heteroatoms. The van der Waals surface area contributed by atoms with Crippen molar-refractivity contribution in [3.05, 3.63) is 38.9 Å². The minimum absolute atomic E-state index is 0.163. The third-order valence-electron chi connectivity index (χ3n) is 3.08. The van der Waals surface area contributed by atoms with Gasteiger partial charge in [-0.05, 0) is 27.2 Å². The summed E-state index contributed by atoms with van der Waals surface area (Å²) in [5.74, 6) is -0.766. The first-order valence-corrected chi connectivity index (χ1v) is 6.36. The van der Waals surface area contributed by atoms with Gasteiger partial charge in [0.2, 0.25) is 0 Å². The van der Waals surface area contributed by atoms with Crippen molar-refractivity contribution >= 4 is 17.3 Å². The van der Waals surface area contributed by atoms with E-state index in [9.17, 15) is 4.79 Å². The number of hydrogen-bond acceptors (Lipinski definition) is 3. The predicted molar refractivity (Wildman–Crippen MR) is 68.7 cm³/mol. The van der Waals surface area contributed by atoms with Crippen LogP contribution in [0, 0.1) is 6.92 Å². The van der Waals surface area contributed by atoms with Gasteiger partial charge in [-0.3, -0.25) is 0 Å². The summed E-state index contributed by atoms with van der Waals surface area (Å²) in [4.78, 5) is 16.1. The monoisotopic (exact) mass is 249 g/mol. The maximum atomic E-state index is 11.1. The summed E-state index contributed by atoms with van der Waals surface area (Å²) in [6.07, 6.45) is 5.05. The lowest BCUT2D eigenvalue weighted by molar-refractivity contribution is 0.0689.